The van der Waals surface area contributed by atoms with Gasteiger partial charge in [-0.15, -0.1) is 12.4 Å². The maximum absolute atomic E-state index is 12.5. The highest BCUT2D eigenvalue weighted by molar-refractivity contribution is 5.85. The summed E-state index contributed by atoms with van der Waals surface area (Å²) in [6.45, 7) is -1.80. The molecule has 26 heavy (non-hydrogen) atoms. The number of hydrogen-bond acceptors (Lipinski definition) is 6. The van der Waals surface area contributed by atoms with Crippen LogP contribution in [-0.2, 0) is 9.53 Å². The standard InChI is InChI=1S/C17H22F2N2O4.ClH/c1-23-16(22)13-6-12(8-20-13)21-11-4-5-14(25-17(18)19)15(7-11)24-9-10-2-3-10;/h4-5,7,10,12-13,17,20-21H,2-3,6,8-9H2,1H3;1H/t12-,13-;/m1./s1. The van der Waals surface area contributed by atoms with Gasteiger partial charge in [-0.1, -0.05) is 0 Å². The van der Waals surface area contributed by atoms with Crippen molar-refractivity contribution in [3.63, 3.8) is 0 Å². The van der Waals surface area contributed by atoms with Crippen LogP contribution in [0.1, 0.15) is 19.3 Å². The van der Waals surface area contributed by atoms with E-state index in [1.165, 1.54) is 13.2 Å². The van der Waals surface area contributed by atoms with Gasteiger partial charge in [0.25, 0.3) is 0 Å². The molecule has 9 heteroatoms. The Bertz CT molecular complexity index is 616. The smallest absolute Gasteiger partial charge is 0.387 e. The van der Waals surface area contributed by atoms with E-state index in [9.17, 15) is 13.6 Å². The quantitative estimate of drug-likeness (QED) is 0.663. The molecule has 2 fully saturated rings. The van der Waals surface area contributed by atoms with E-state index in [-0.39, 0.29) is 36.2 Å². The first-order valence-corrected chi connectivity index (χ1v) is 8.34. The van der Waals surface area contributed by atoms with Crippen molar-refractivity contribution < 1.29 is 27.8 Å². The molecular weight excluding hydrogens is 370 g/mol. The Labute approximate surface area is 157 Å². The number of anilines is 1. The lowest BCUT2D eigenvalue weighted by Gasteiger charge is -2.17. The van der Waals surface area contributed by atoms with E-state index in [1.807, 2.05) is 0 Å². The molecule has 2 aliphatic rings. The minimum absolute atomic E-state index is 0. The fourth-order valence-corrected chi connectivity index (χ4v) is 2.80. The lowest BCUT2D eigenvalue weighted by Crippen LogP contribution is -2.31. The summed E-state index contributed by atoms with van der Waals surface area (Å²) in [4.78, 5) is 11.5. The third kappa shape index (κ3) is 5.60. The first kappa shape index (κ1) is 20.5. The Morgan fingerprint density at radius 2 is 2.12 bits per heavy atom. The summed E-state index contributed by atoms with van der Waals surface area (Å²) in [5, 5.41) is 6.37. The van der Waals surface area contributed by atoms with Gasteiger partial charge in [0, 0.05) is 24.3 Å². The van der Waals surface area contributed by atoms with Crippen molar-refractivity contribution in [3.8, 4) is 11.5 Å². The van der Waals surface area contributed by atoms with Gasteiger partial charge in [0.05, 0.1) is 13.7 Å². The van der Waals surface area contributed by atoms with E-state index >= 15 is 0 Å². The van der Waals surface area contributed by atoms with Gasteiger partial charge in [0.2, 0.25) is 0 Å². The molecule has 1 saturated carbocycles. The number of ether oxygens (including phenoxy) is 3. The van der Waals surface area contributed by atoms with Gasteiger partial charge in [-0.2, -0.15) is 8.78 Å². The number of rotatable bonds is 8. The van der Waals surface area contributed by atoms with Crippen molar-refractivity contribution in [2.24, 2.45) is 5.92 Å². The van der Waals surface area contributed by atoms with Crippen LogP contribution in [0.2, 0.25) is 0 Å². The fraction of sp³-hybridized carbons (Fsp3) is 0.588. The second kappa shape index (κ2) is 9.23. The Kier molecular flexibility index (Phi) is 7.28. The first-order chi connectivity index (χ1) is 12.0. The van der Waals surface area contributed by atoms with Gasteiger partial charge in [-0.05, 0) is 37.3 Å². The van der Waals surface area contributed by atoms with Crippen LogP contribution in [0.25, 0.3) is 0 Å². The molecule has 6 nitrogen and oxygen atoms in total. The summed E-state index contributed by atoms with van der Waals surface area (Å²) >= 11 is 0. The average molecular weight is 393 g/mol. The van der Waals surface area contributed by atoms with Crippen molar-refractivity contribution in [1.29, 1.82) is 0 Å². The lowest BCUT2D eigenvalue weighted by atomic mass is 10.1. The van der Waals surface area contributed by atoms with E-state index in [0.29, 0.717) is 31.2 Å². The third-order valence-corrected chi connectivity index (χ3v) is 4.32. The highest BCUT2D eigenvalue weighted by Gasteiger charge is 2.30. The van der Waals surface area contributed by atoms with Crippen LogP contribution in [0.4, 0.5) is 14.5 Å². The zero-order valence-corrected chi connectivity index (χ0v) is 15.2. The van der Waals surface area contributed by atoms with Gasteiger partial charge >= 0.3 is 12.6 Å². The number of alkyl halides is 2. The molecule has 0 radical (unpaired) electrons. The third-order valence-electron chi connectivity index (χ3n) is 4.32. The fourth-order valence-electron chi connectivity index (χ4n) is 2.80. The van der Waals surface area contributed by atoms with Crippen molar-refractivity contribution in [1.82, 2.24) is 5.32 Å². The average Bonchev–Trinajstić information content (AvgIpc) is 3.31. The Hall–Kier alpha value is -1.80. The predicted molar refractivity (Wildman–Crippen MR) is 94.4 cm³/mol. The van der Waals surface area contributed by atoms with E-state index in [2.05, 4.69) is 15.4 Å². The maximum Gasteiger partial charge on any atom is 0.387 e. The van der Waals surface area contributed by atoms with Gasteiger partial charge in [-0.25, -0.2) is 0 Å². The van der Waals surface area contributed by atoms with Crippen LogP contribution in [0, 0.1) is 5.92 Å². The summed E-state index contributed by atoms with van der Waals surface area (Å²) in [5.41, 5.74) is 0.727. The monoisotopic (exact) mass is 392 g/mol. The minimum atomic E-state index is -2.90. The van der Waals surface area contributed by atoms with Crippen LogP contribution >= 0.6 is 12.4 Å². The minimum Gasteiger partial charge on any atom is -0.489 e. The molecule has 0 amide bonds. The largest absolute Gasteiger partial charge is 0.489 e. The number of nitrogens with one attached hydrogen (secondary N) is 2. The molecule has 0 spiro atoms. The van der Waals surface area contributed by atoms with Gasteiger partial charge in [-0.3, -0.25) is 4.79 Å². The van der Waals surface area contributed by atoms with Crippen molar-refractivity contribution in [3.05, 3.63) is 18.2 Å². The van der Waals surface area contributed by atoms with Crippen molar-refractivity contribution >= 4 is 24.1 Å². The molecule has 1 aromatic carbocycles. The number of methoxy groups -OCH3 is 1. The molecular formula is C17H23ClF2N2O4. The second-order valence-corrected chi connectivity index (χ2v) is 6.36. The number of halogens is 3. The maximum atomic E-state index is 12.5. The van der Waals surface area contributed by atoms with Crippen molar-refractivity contribution in [2.45, 2.75) is 38.0 Å². The summed E-state index contributed by atoms with van der Waals surface area (Å²) in [5.74, 6) is 0.528. The zero-order valence-electron chi connectivity index (χ0n) is 14.4. The molecule has 0 aromatic heterocycles. The van der Waals surface area contributed by atoms with E-state index in [0.717, 1.165) is 18.5 Å². The first-order valence-electron chi connectivity index (χ1n) is 8.34. The normalized spacial score (nSPS) is 21.8. The highest BCUT2D eigenvalue weighted by Crippen LogP contribution is 2.35. The molecule has 1 aliphatic carbocycles. The summed E-state index contributed by atoms with van der Waals surface area (Å²) < 4.78 is 40.0. The number of carbonyl (C=O) groups is 1. The molecule has 1 heterocycles. The number of carbonyl (C=O) groups excluding carboxylic acids is 1. The SMILES string of the molecule is COC(=O)[C@H]1C[C@@H](Nc2ccc(OC(F)F)c(OCC3CC3)c2)CN1.Cl. The molecule has 0 unspecified atom stereocenters. The zero-order chi connectivity index (χ0) is 17.8. The topological polar surface area (TPSA) is 68.8 Å². The molecule has 1 saturated heterocycles. The van der Waals surface area contributed by atoms with Crippen LogP contribution in [0.5, 0.6) is 11.5 Å². The Balaban J connectivity index is 0.00000243. The van der Waals surface area contributed by atoms with E-state index < -0.39 is 6.61 Å². The Morgan fingerprint density at radius 3 is 2.77 bits per heavy atom. The molecule has 146 valence electrons. The number of esters is 1. The van der Waals surface area contributed by atoms with E-state index in [1.54, 1.807) is 12.1 Å². The number of benzene rings is 1. The van der Waals surface area contributed by atoms with Gasteiger partial charge < -0.3 is 24.8 Å². The predicted octanol–water partition coefficient (Wildman–Crippen LogP) is 2.81. The van der Waals surface area contributed by atoms with Crippen LogP contribution in [0.3, 0.4) is 0 Å². The second-order valence-electron chi connectivity index (χ2n) is 6.36. The molecule has 1 aliphatic heterocycles. The molecule has 2 atom stereocenters. The number of hydrogen-bond donors (Lipinski definition) is 2. The summed E-state index contributed by atoms with van der Waals surface area (Å²) in [6, 6.07) is 4.48. The summed E-state index contributed by atoms with van der Waals surface area (Å²) in [7, 11) is 1.36. The van der Waals surface area contributed by atoms with Crippen LogP contribution in [0.15, 0.2) is 18.2 Å². The van der Waals surface area contributed by atoms with Crippen molar-refractivity contribution in [2.75, 3.05) is 25.6 Å². The molecule has 3 rings (SSSR count). The summed E-state index contributed by atoms with van der Waals surface area (Å²) in [6.07, 6.45) is 2.79. The van der Waals surface area contributed by atoms with Crippen LogP contribution in [-0.4, -0.2) is 44.9 Å². The van der Waals surface area contributed by atoms with E-state index in [4.69, 9.17) is 9.47 Å². The Morgan fingerprint density at radius 1 is 1.35 bits per heavy atom. The highest BCUT2D eigenvalue weighted by atomic mass is 35.5. The molecule has 1 aromatic rings. The lowest BCUT2D eigenvalue weighted by molar-refractivity contribution is -0.142. The van der Waals surface area contributed by atoms with Gasteiger partial charge in [0.1, 0.15) is 6.04 Å². The molecule has 0 bridgehead atoms. The van der Waals surface area contributed by atoms with Gasteiger partial charge in [0.15, 0.2) is 11.5 Å². The van der Waals surface area contributed by atoms with Crippen LogP contribution < -0.4 is 20.1 Å². The molecule has 2 N–H and O–H groups in total.